The van der Waals surface area contributed by atoms with E-state index in [2.05, 4.69) is 15.3 Å². The molecule has 1 unspecified atom stereocenters. The van der Waals surface area contributed by atoms with Gasteiger partial charge in [0.25, 0.3) is 5.91 Å². The third-order valence-electron chi connectivity index (χ3n) is 5.25. The molecule has 1 aliphatic carbocycles. The van der Waals surface area contributed by atoms with Gasteiger partial charge in [0.1, 0.15) is 5.82 Å². The van der Waals surface area contributed by atoms with Crippen LogP contribution >= 0.6 is 0 Å². The Kier molecular flexibility index (Phi) is 5.14. The first-order chi connectivity index (χ1) is 13.6. The van der Waals surface area contributed by atoms with Crippen molar-refractivity contribution in [3.05, 3.63) is 60.2 Å². The Hall–Kier alpha value is -3.09. The molecule has 2 atom stereocenters. The van der Waals surface area contributed by atoms with E-state index in [1.165, 1.54) is 0 Å². The Bertz CT molecular complexity index is 868. The Morgan fingerprint density at radius 2 is 1.79 bits per heavy atom. The van der Waals surface area contributed by atoms with Crippen LogP contribution in [0.15, 0.2) is 48.8 Å². The summed E-state index contributed by atoms with van der Waals surface area (Å²) in [6, 6.07) is 11.4. The monoisotopic (exact) mass is 378 g/mol. The molecule has 1 aliphatic heterocycles. The molecule has 0 bridgehead atoms. The second kappa shape index (κ2) is 7.88. The molecule has 1 saturated carbocycles. The molecule has 0 radical (unpaired) electrons. The molecule has 2 aliphatic rings. The van der Waals surface area contributed by atoms with E-state index in [9.17, 15) is 14.4 Å². The van der Waals surface area contributed by atoms with Crippen LogP contribution in [0.4, 0.5) is 0 Å². The second-order valence-electron chi connectivity index (χ2n) is 7.40. The van der Waals surface area contributed by atoms with E-state index in [1.807, 2.05) is 30.3 Å². The molecule has 2 fully saturated rings. The Labute approximate surface area is 163 Å². The molecule has 1 aromatic carbocycles. The minimum absolute atomic E-state index is 0.106. The van der Waals surface area contributed by atoms with Gasteiger partial charge in [-0.15, -0.1) is 0 Å². The molecule has 7 nitrogen and oxygen atoms in total. The molecule has 2 aromatic rings. The van der Waals surface area contributed by atoms with E-state index < -0.39 is 23.5 Å². The first kappa shape index (κ1) is 18.3. The van der Waals surface area contributed by atoms with Crippen LogP contribution in [0.1, 0.15) is 24.2 Å². The normalized spacial score (nSPS) is 21.6. The lowest BCUT2D eigenvalue weighted by atomic mass is 9.86. The number of nitrogens with one attached hydrogen (secondary N) is 1. The average Bonchev–Trinajstić information content (AvgIpc) is 3.49. The molecule has 1 N–H and O–H groups in total. The lowest BCUT2D eigenvalue weighted by Gasteiger charge is -2.15. The molecule has 4 rings (SSSR count). The number of amides is 2. The van der Waals surface area contributed by atoms with E-state index in [1.54, 1.807) is 23.4 Å². The van der Waals surface area contributed by atoms with Crippen molar-refractivity contribution >= 4 is 17.6 Å². The van der Waals surface area contributed by atoms with Gasteiger partial charge in [0, 0.05) is 25.0 Å². The van der Waals surface area contributed by atoms with Crippen LogP contribution in [-0.2, 0) is 27.3 Å². The standard InChI is InChI=1S/C21H22N4O3/c26-19(20(27)24-15-7-8-15)17-12-25(13-18-22-9-4-10-23-18)21(28)16(17)11-14-5-2-1-3-6-14/h1-6,9-10,15-17H,7-8,11-13H2,(H,24,27)/t16-,17?/m1/s1. The van der Waals surface area contributed by atoms with Crippen molar-refractivity contribution in [1.82, 2.24) is 20.2 Å². The van der Waals surface area contributed by atoms with Gasteiger partial charge < -0.3 is 10.2 Å². The largest absolute Gasteiger partial charge is 0.347 e. The summed E-state index contributed by atoms with van der Waals surface area (Å²) in [5.74, 6) is -1.90. The number of hydrogen-bond donors (Lipinski definition) is 1. The molecule has 2 amide bonds. The third-order valence-corrected chi connectivity index (χ3v) is 5.25. The van der Waals surface area contributed by atoms with Crippen LogP contribution in [0, 0.1) is 11.8 Å². The van der Waals surface area contributed by atoms with Gasteiger partial charge in [0.15, 0.2) is 0 Å². The Morgan fingerprint density at radius 3 is 2.46 bits per heavy atom. The molecule has 2 heterocycles. The molecule has 144 valence electrons. The first-order valence-electron chi connectivity index (χ1n) is 9.55. The molecule has 1 aromatic heterocycles. The van der Waals surface area contributed by atoms with Gasteiger partial charge in [-0.25, -0.2) is 9.97 Å². The summed E-state index contributed by atoms with van der Waals surface area (Å²) in [6.07, 6.45) is 5.49. The molecule has 1 saturated heterocycles. The maximum atomic E-state index is 13.1. The predicted octanol–water partition coefficient (Wildman–Crippen LogP) is 1.14. The van der Waals surface area contributed by atoms with Crippen molar-refractivity contribution in [1.29, 1.82) is 0 Å². The van der Waals surface area contributed by atoms with Crippen LogP contribution in [0.25, 0.3) is 0 Å². The van der Waals surface area contributed by atoms with Gasteiger partial charge >= 0.3 is 0 Å². The van der Waals surface area contributed by atoms with Crippen molar-refractivity contribution in [2.45, 2.75) is 31.8 Å². The van der Waals surface area contributed by atoms with Gasteiger partial charge in [-0.05, 0) is 30.9 Å². The average molecular weight is 378 g/mol. The smallest absolute Gasteiger partial charge is 0.287 e. The van der Waals surface area contributed by atoms with E-state index in [0.29, 0.717) is 12.2 Å². The fraction of sp³-hybridized carbons (Fsp3) is 0.381. The highest BCUT2D eigenvalue weighted by molar-refractivity contribution is 6.37. The van der Waals surface area contributed by atoms with Crippen LogP contribution < -0.4 is 5.32 Å². The van der Waals surface area contributed by atoms with Gasteiger partial charge in [-0.3, -0.25) is 14.4 Å². The SMILES string of the molecule is O=C(NC1CC1)C(=O)C1CN(Cc2ncccn2)C(=O)[C@@H]1Cc1ccccc1. The lowest BCUT2D eigenvalue weighted by molar-refractivity contribution is -0.141. The minimum Gasteiger partial charge on any atom is -0.347 e. The van der Waals surface area contributed by atoms with Crippen LogP contribution in [-0.4, -0.2) is 45.1 Å². The Morgan fingerprint density at radius 1 is 1.07 bits per heavy atom. The van der Waals surface area contributed by atoms with E-state index in [0.717, 1.165) is 18.4 Å². The zero-order valence-electron chi connectivity index (χ0n) is 15.5. The number of Topliss-reactive ketones (excluding diaryl/α,β-unsaturated/α-hetero) is 1. The van der Waals surface area contributed by atoms with Crippen molar-refractivity contribution in [2.24, 2.45) is 11.8 Å². The summed E-state index contributed by atoms with van der Waals surface area (Å²) in [6.45, 7) is 0.449. The van der Waals surface area contributed by atoms with Crippen LogP contribution in [0.2, 0.25) is 0 Å². The highest BCUT2D eigenvalue weighted by atomic mass is 16.2. The number of carbonyl (C=O) groups is 3. The van der Waals surface area contributed by atoms with Crippen molar-refractivity contribution in [2.75, 3.05) is 6.54 Å². The van der Waals surface area contributed by atoms with E-state index in [4.69, 9.17) is 0 Å². The zero-order chi connectivity index (χ0) is 19.5. The number of hydrogen-bond acceptors (Lipinski definition) is 5. The highest BCUT2D eigenvalue weighted by Gasteiger charge is 2.46. The number of benzene rings is 1. The number of aromatic nitrogens is 2. The summed E-state index contributed by atoms with van der Waals surface area (Å²) in [4.78, 5) is 48.2. The summed E-state index contributed by atoms with van der Waals surface area (Å²) in [5.41, 5.74) is 0.971. The van der Waals surface area contributed by atoms with E-state index >= 15 is 0 Å². The Balaban J connectivity index is 1.54. The molecule has 0 spiro atoms. The fourth-order valence-corrected chi connectivity index (χ4v) is 3.60. The van der Waals surface area contributed by atoms with E-state index in [-0.39, 0.29) is 25.0 Å². The maximum absolute atomic E-state index is 13.1. The summed E-state index contributed by atoms with van der Waals surface area (Å²) >= 11 is 0. The third kappa shape index (κ3) is 4.08. The molecular formula is C21H22N4O3. The van der Waals surface area contributed by atoms with Gasteiger partial charge in [0.05, 0.1) is 18.4 Å². The minimum atomic E-state index is -0.657. The number of ketones is 1. The summed E-state index contributed by atoms with van der Waals surface area (Å²) in [7, 11) is 0. The second-order valence-corrected chi connectivity index (χ2v) is 7.40. The number of likely N-dealkylation sites (tertiary alicyclic amines) is 1. The van der Waals surface area contributed by atoms with Crippen molar-refractivity contribution < 1.29 is 14.4 Å². The highest BCUT2D eigenvalue weighted by Crippen LogP contribution is 2.30. The van der Waals surface area contributed by atoms with Gasteiger partial charge in [0.2, 0.25) is 11.7 Å². The van der Waals surface area contributed by atoms with Crippen molar-refractivity contribution in [3.63, 3.8) is 0 Å². The quantitative estimate of drug-likeness (QED) is 0.730. The fourth-order valence-electron chi connectivity index (χ4n) is 3.60. The van der Waals surface area contributed by atoms with Gasteiger partial charge in [-0.2, -0.15) is 0 Å². The number of carbonyl (C=O) groups excluding carboxylic acids is 3. The topological polar surface area (TPSA) is 92.3 Å². The summed E-state index contributed by atoms with van der Waals surface area (Å²) in [5, 5.41) is 2.75. The summed E-state index contributed by atoms with van der Waals surface area (Å²) < 4.78 is 0. The van der Waals surface area contributed by atoms with Gasteiger partial charge in [-0.1, -0.05) is 30.3 Å². The molecule has 28 heavy (non-hydrogen) atoms. The van der Waals surface area contributed by atoms with Crippen LogP contribution in [0.5, 0.6) is 0 Å². The maximum Gasteiger partial charge on any atom is 0.287 e. The first-order valence-corrected chi connectivity index (χ1v) is 9.55. The van der Waals surface area contributed by atoms with Crippen LogP contribution in [0.3, 0.4) is 0 Å². The molecular weight excluding hydrogens is 356 g/mol. The van der Waals surface area contributed by atoms with Crippen molar-refractivity contribution in [3.8, 4) is 0 Å². The zero-order valence-corrected chi connectivity index (χ0v) is 15.5. The molecule has 7 heteroatoms. The lowest BCUT2D eigenvalue weighted by Crippen LogP contribution is -2.39. The number of nitrogens with zero attached hydrogens (tertiary/aromatic N) is 3. The predicted molar refractivity (Wildman–Crippen MR) is 101 cm³/mol. The number of rotatable bonds is 7.